The van der Waals surface area contributed by atoms with Crippen LogP contribution in [-0.2, 0) is 4.79 Å². The Hall–Kier alpha value is -2.74. The fourth-order valence-electron chi connectivity index (χ4n) is 2.65. The fraction of sp³-hybridized carbons (Fsp3) is 0.300. The number of aliphatic imine (C=N–C) groups is 1. The molecule has 3 rings (SSSR count). The van der Waals surface area contributed by atoms with Gasteiger partial charge in [0.05, 0.1) is 14.2 Å². The summed E-state index contributed by atoms with van der Waals surface area (Å²) in [5, 5.41) is 0.575. The summed E-state index contributed by atoms with van der Waals surface area (Å²) in [5.74, 6) is 1.75. The van der Waals surface area contributed by atoms with Crippen LogP contribution in [0.5, 0.6) is 17.2 Å². The maximum absolute atomic E-state index is 13.3. The van der Waals surface area contributed by atoms with Crippen molar-refractivity contribution in [3.8, 4) is 17.2 Å². The number of rotatable bonds is 6. The average molecular weight is 404 g/mol. The van der Waals surface area contributed by atoms with Crippen LogP contribution in [-0.4, -0.2) is 49.1 Å². The number of carbonyl (C=O) groups is 1. The van der Waals surface area contributed by atoms with Gasteiger partial charge in [-0.1, -0.05) is 17.8 Å². The number of ether oxygens (including phenoxy) is 3. The number of amides is 1. The molecule has 0 N–H and O–H groups in total. The van der Waals surface area contributed by atoms with Crippen LogP contribution in [0.15, 0.2) is 47.5 Å². The SMILES string of the molecule is COc1ccc(OC)c(N=C2SCCCN2C(=O)COc2cccc(F)c2)c1. The van der Waals surface area contributed by atoms with Crippen molar-refractivity contribution in [1.29, 1.82) is 0 Å². The van der Waals surface area contributed by atoms with Gasteiger partial charge in [-0.25, -0.2) is 9.38 Å². The van der Waals surface area contributed by atoms with Crippen LogP contribution >= 0.6 is 11.8 Å². The lowest BCUT2D eigenvalue weighted by Crippen LogP contribution is -2.41. The smallest absolute Gasteiger partial charge is 0.266 e. The zero-order chi connectivity index (χ0) is 19.9. The van der Waals surface area contributed by atoms with Crippen LogP contribution in [0.1, 0.15) is 6.42 Å². The lowest BCUT2D eigenvalue weighted by Gasteiger charge is -2.27. The lowest BCUT2D eigenvalue weighted by molar-refractivity contribution is -0.129. The maximum Gasteiger partial charge on any atom is 0.266 e. The van der Waals surface area contributed by atoms with Gasteiger partial charge >= 0.3 is 0 Å². The van der Waals surface area contributed by atoms with E-state index in [0.717, 1.165) is 12.2 Å². The molecule has 8 heteroatoms. The van der Waals surface area contributed by atoms with Crippen molar-refractivity contribution in [3.05, 3.63) is 48.3 Å². The van der Waals surface area contributed by atoms with Gasteiger partial charge in [-0.3, -0.25) is 9.69 Å². The molecule has 148 valence electrons. The van der Waals surface area contributed by atoms with Gasteiger partial charge in [-0.15, -0.1) is 0 Å². The minimum absolute atomic E-state index is 0.196. The second-order valence-electron chi connectivity index (χ2n) is 5.93. The van der Waals surface area contributed by atoms with Gasteiger partial charge in [0.15, 0.2) is 11.8 Å². The summed E-state index contributed by atoms with van der Waals surface area (Å²) in [6.45, 7) is 0.349. The number of hydrogen-bond donors (Lipinski definition) is 0. The summed E-state index contributed by atoms with van der Waals surface area (Å²) in [7, 11) is 3.14. The van der Waals surface area contributed by atoms with Crippen LogP contribution < -0.4 is 14.2 Å². The molecule has 1 saturated heterocycles. The molecule has 0 bridgehead atoms. The molecule has 1 fully saturated rings. The van der Waals surface area contributed by atoms with E-state index in [1.54, 1.807) is 43.4 Å². The third-order valence-electron chi connectivity index (χ3n) is 4.05. The summed E-state index contributed by atoms with van der Waals surface area (Å²) < 4.78 is 29.3. The minimum atomic E-state index is -0.411. The lowest BCUT2D eigenvalue weighted by atomic mass is 10.3. The van der Waals surface area contributed by atoms with Gasteiger partial charge in [0.2, 0.25) is 0 Å². The highest BCUT2D eigenvalue weighted by Crippen LogP contribution is 2.33. The highest BCUT2D eigenvalue weighted by Gasteiger charge is 2.24. The zero-order valence-corrected chi connectivity index (χ0v) is 16.5. The first-order valence-electron chi connectivity index (χ1n) is 8.73. The Bertz CT molecular complexity index is 875. The molecule has 0 saturated carbocycles. The topological polar surface area (TPSA) is 60.4 Å². The van der Waals surface area contributed by atoms with E-state index in [1.807, 2.05) is 0 Å². The van der Waals surface area contributed by atoms with Crippen molar-refractivity contribution in [2.24, 2.45) is 4.99 Å². The van der Waals surface area contributed by atoms with E-state index in [9.17, 15) is 9.18 Å². The molecule has 0 aliphatic carbocycles. The standard InChI is InChI=1S/C20H21FN2O4S/c1-25-15-7-8-18(26-2)17(12-15)22-20-23(9-4-10-28-20)19(24)13-27-16-6-3-5-14(21)11-16/h3,5-8,11-12H,4,9-10,13H2,1-2H3. The molecule has 1 aliphatic heterocycles. The normalized spacial score (nSPS) is 15.4. The number of hydrogen-bond acceptors (Lipinski definition) is 6. The first kappa shape index (κ1) is 20.0. The number of nitrogens with zero attached hydrogens (tertiary/aromatic N) is 2. The predicted octanol–water partition coefficient (Wildman–Crippen LogP) is 3.87. The van der Waals surface area contributed by atoms with Gasteiger partial charge in [0.1, 0.15) is 28.8 Å². The number of thioether (sulfide) groups is 1. The molecule has 0 unspecified atom stereocenters. The van der Waals surface area contributed by atoms with Crippen molar-refractivity contribution in [3.63, 3.8) is 0 Å². The predicted molar refractivity (Wildman–Crippen MR) is 107 cm³/mol. The fourth-order valence-corrected chi connectivity index (χ4v) is 3.62. The molecule has 6 nitrogen and oxygen atoms in total. The van der Waals surface area contributed by atoms with Gasteiger partial charge in [-0.05, 0) is 30.7 Å². The Balaban J connectivity index is 1.78. The Morgan fingerprint density at radius 3 is 2.79 bits per heavy atom. The Labute approximate surface area is 167 Å². The Morgan fingerprint density at radius 2 is 2.04 bits per heavy atom. The number of halogens is 1. The van der Waals surface area contributed by atoms with E-state index in [0.29, 0.717) is 34.6 Å². The van der Waals surface area contributed by atoms with Crippen LogP contribution in [0.2, 0.25) is 0 Å². The van der Waals surface area contributed by atoms with Gasteiger partial charge in [0, 0.05) is 24.4 Å². The largest absolute Gasteiger partial charge is 0.497 e. The highest BCUT2D eigenvalue weighted by atomic mass is 32.2. The molecular weight excluding hydrogens is 383 g/mol. The summed E-state index contributed by atoms with van der Waals surface area (Å²) in [6, 6.07) is 11.0. The van der Waals surface area contributed by atoms with Crippen LogP contribution in [0.3, 0.4) is 0 Å². The molecule has 1 amide bonds. The second-order valence-corrected chi connectivity index (χ2v) is 6.99. The highest BCUT2D eigenvalue weighted by molar-refractivity contribution is 8.13. The van der Waals surface area contributed by atoms with Crippen molar-refractivity contribution in [2.75, 3.05) is 33.1 Å². The first-order valence-corrected chi connectivity index (χ1v) is 9.71. The van der Waals surface area contributed by atoms with Crippen molar-refractivity contribution in [2.45, 2.75) is 6.42 Å². The van der Waals surface area contributed by atoms with Crippen molar-refractivity contribution in [1.82, 2.24) is 4.90 Å². The molecule has 2 aromatic carbocycles. The minimum Gasteiger partial charge on any atom is -0.497 e. The molecule has 2 aromatic rings. The van der Waals surface area contributed by atoms with Gasteiger partial charge < -0.3 is 14.2 Å². The van der Waals surface area contributed by atoms with Gasteiger partial charge in [0.25, 0.3) is 5.91 Å². The summed E-state index contributed by atoms with van der Waals surface area (Å²) in [6.07, 6.45) is 0.852. The number of benzene rings is 2. The van der Waals surface area contributed by atoms with E-state index in [1.165, 1.54) is 30.0 Å². The third-order valence-corrected chi connectivity index (χ3v) is 5.11. The van der Waals surface area contributed by atoms with Crippen LogP contribution in [0.25, 0.3) is 0 Å². The zero-order valence-electron chi connectivity index (χ0n) is 15.7. The quantitative estimate of drug-likeness (QED) is 0.731. The van der Waals surface area contributed by atoms with E-state index in [-0.39, 0.29) is 12.5 Å². The Kier molecular flexibility index (Phi) is 6.76. The van der Waals surface area contributed by atoms with E-state index < -0.39 is 5.82 Å². The molecule has 1 aliphatic rings. The number of amidine groups is 1. The van der Waals surface area contributed by atoms with Crippen molar-refractivity contribution < 1.29 is 23.4 Å². The molecule has 0 aromatic heterocycles. The summed E-state index contributed by atoms with van der Waals surface area (Å²) in [4.78, 5) is 18.9. The molecule has 1 heterocycles. The number of methoxy groups -OCH3 is 2. The summed E-state index contributed by atoms with van der Waals surface area (Å²) >= 11 is 1.49. The Morgan fingerprint density at radius 1 is 1.18 bits per heavy atom. The molecule has 28 heavy (non-hydrogen) atoms. The number of carbonyl (C=O) groups excluding carboxylic acids is 1. The summed E-state index contributed by atoms with van der Waals surface area (Å²) in [5.41, 5.74) is 0.579. The van der Waals surface area contributed by atoms with Crippen molar-refractivity contribution >= 4 is 28.5 Å². The van der Waals surface area contributed by atoms with E-state index >= 15 is 0 Å². The second kappa shape index (κ2) is 9.45. The molecular formula is C20H21FN2O4S. The molecule has 0 spiro atoms. The van der Waals surface area contributed by atoms with Crippen LogP contribution in [0.4, 0.5) is 10.1 Å². The first-order chi connectivity index (χ1) is 13.6. The monoisotopic (exact) mass is 404 g/mol. The molecule has 0 radical (unpaired) electrons. The van der Waals surface area contributed by atoms with E-state index in [2.05, 4.69) is 4.99 Å². The maximum atomic E-state index is 13.3. The van der Waals surface area contributed by atoms with E-state index in [4.69, 9.17) is 14.2 Å². The van der Waals surface area contributed by atoms with Crippen LogP contribution in [0, 0.1) is 5.82 Å². The average Bonchev–Trinajstić information content (AvgIpc) is 2.72. The molecule has 0 atom stereocenters. The third kappa shape index (κ3) is 4.95. The van der Waals surface area contributed by atoms with Gasteiger partial charge in [-0.2, -0.15) is 0 Å².